The highest BCUT2D eigenvalue weighted by atomic mass is 127. The van der Waals surface area contributed by atoms with Gasteiger partial charge in [0.15, 0.2) is 5.96 Å². The Kier molecular flexibility index (Phi) is 14.7. The topological polar surface area (TPSA) is 73.3 Å². The first-order chi connectivity index (χ1) is 14.3. The maximum absolute atomic E-state index is 5.81. The Labute approximate surface area is 198 Å². The molecule has 1 saturated heterocycles. The zero-order valence-corrected chi connectivity index (χ0v) is 20.9. The number of guanidine groups is 1. The fourth-order valence-corrected chi connectivity index (χ4v) is 3.26. The summed E-state index contributed by atoms with van der Waals surface area (Å²) in [5.41, 5.74) is 1.11. The van der Waals surface area contributed by atoms with E-state index >= 15 is 0 Å². The van der Waals surface area contributed by atoms with Gasteiger partial charge in [0.2, 0.25) is 0 Å². The summed E-state index contributed by atoms with van der Waals surface area (Å²) >= 11 is 0. The van der Waals surface area contributed by atoms with E-state index in [1.165, 1.54) is 0 Å². The number of aliphatic imine (C=N–C) groups is 1. The Bertz CT molecular complexity index is 610. The Balaban J connectivity index is 0.00000450. The van der Waals surface area contributed by atoms with E-state index < -0.39 is 0 Å². The molecular weight excluding hydrogens is 497 g/mol. The zero-order valence-electron chi connectivity index (χ0n) is 18.6. The van der Waals surface area contributed by atoms with Crippen LogP contribution in [0.4, 0.5) is 0 Å². The van der Waals surface area contributed by atoms with Crippen molar-refractivity contribution in [2.75, 3.05) is 60.3 Å². The van der Waals surface area contributed by atoms with Gasteiger partial charge in [0.25, 0.3) is 0 Å². The third-order valence-corrected chi connectivity index (χ3v) is 4.93. The van der Waals surface area contributed by atoms with Crippen molar-refractivity contribution in [1.82, 2.24) is 10.6 Å². The molecule has 30 heavy (non-hydrogen) atoms. The molecule has 8 heteroatoms. The normalized spacial score (nSPS) is 14.7. The molecule has 0 unspecified atom stereocenters. The monoisotopic (exact) mass is 535 g/mol. The van der Waals surface area contributed by atoms with Crippen molar-refractivity contribution < 1.29 is 18.9 Å². The van der Waals surface area contributed by atoms with E-state index in [4.69, 9.17) is 18.9 Å². The summed E-state index contributed by atoms with van der Waals surface area (Å²) in [5, 5.41) is 6.68. The van der Waals surface area contributed by atoms with Crippen LogP contribution in [0.25, 0.3) is 0 Å². The predicted molar refractivity (Wildman–Crippen MR) is 132 cm³/mol. The third-order valence-electron chi connectivity index (χ3n) is 4.93. The van der Waals surface area contributed by atoms with Gasteiger partial charge in [0.05, 0.1) is 14.2 Å². The minimum absolute atomic E-state index is 0. The van der Waals surface area contributed by atoms with Crippen molar-refractivity contribution in [3.05, 3.63) is 23.8 Å². The molecular formula is C22H38IN3O4. The van der Waals surface area contributed by atoms with Gasteiger partial charge in [-0.05, 0) is 62.3 Å². The molecule has 2 rings (SSSR count). The van der Waals surface area contributed by atoms with E-state index in [2.05, 4.69) is 22.5 Å². The molecule has 0 atom stereocenters. The van der Waals surface area contributed by atoms with Crippen molar-refractivity contribution in [3.63, 3.8) is 0 Å². The second-order valence-electron chi connectivity index (χ2n) is 7.10. The SMILES string of the molecule is CCNC(=NCCCOCC1CCOCC1)NCCc1cc(OC)ccc1OC.I. The smallest absolute Gasteiger partial charge is 0.191 e. The number of hydrogen-bond acceptors (Lipinski definition) is 5. The summed E-state index contributed by atoms with van der Waals surface area (Å²) in [5.74, 6) is 3.19. The van der Waals surface area contributed by atoms with Crippen LogP contribution in [0.3, 0.4) is 0 Å². The molecule has 1 aliphatic rings. The Morgan fingerprint density at radius 3 is 2.67 bits per heavy atom. The molecule has 0 saturated carbocycles. The summed E-state index contributed by atoms with van der Waals surface area (Å²) < 4.78 is 21.9. The standard InChI is InChI=1S/C22H37N3O4.HI/c1-4-23-22(24-11-5-13-29-17-18-9-14-28-15-10-18)25-12-8-19-16-20(26-2)6-7-21(19)27-3;/h6-7,16,18H,4-5,8-15,17H2,1-3H3,(H2,23,24,25);1H. The third kappa shape index (κ3) is 10.2. The predicted octanol–water partition coefficient (Wildman–Crippen LogP) is 3.25. The molecule has 1 aliphatic heterocycles. The van der Waals surface area contributed by atoms with Gasteiger partial charge >= 0.3 is 0 Å². The van der Waals surface area contributed by atoms with Crippen LogP contribution in [-0.2, 0) is 15.9 Å². The highest BCUT2D eigenvalue weighted by Crippen LogP contribution is 2.24. The zero-order chi connectivity index (χ0) is 20.7. The highest BCUT2D eigenvalue weighted by Gasteiger charge is 2.13. The molecule has 1 heterocycles. The first-order valence-electron chi connectivity index (χ1n) is 10.6. The summed E-state index contributed by atoms with van der Waals surface area (Å²) in [4.78, 5) is 4.64. The fraction of sp³-hybridized carbons (Fsp3) is 0.682. The fourth-order valence-electron chi connectivity index (χ4n) is 3.26. The van der Waals surface area contributed by atoms with E-state index in [-0.39, 0.29) is 24.0 Å². The average Bonchev–Trinajstić information content (AvgIpc) is 2.76. The molecule has 0 spiro atoms. The quantitative estimate of drug-likeness (QED) is 0.185. The number of methoxy groups -OCH3 is 2. The molecule has 1 fully saturated rings. The largest absolute Gasteiger partial charge is 0.497 e. The molecule has 0 aromatic heterocycles. The van der Waals surface area contributed by atoms with Crippen LogP contribution in [0.15, 0.2) is 23.2 Å². The van der Waals surface area contributed by atoms with E-state index in [9.17, 15) is 0 Å². The Morgan fingerprint density at radius 2 is 1.97 bits per heavy atom. The number of hydrogen-bond donors (Lipinski definition) is 2. The van der Waals surface area contributed by atoms with Crippen LogP contribution in [0.5, 0.6) is 11.5 Å². The van der Waals surface area contributed by atoms with Gasteiger partial charge in [-0.3, -0.25) is 4.99 Å². The van der Waals surface area contributed by atoms with Gasteiger partial charge < -0.3 is 29.6 Å². The molecule has 7 nitrogen and oxygen atoms in total. The van der Waals surface area contributed by atoms with Crippen LogP contribution in [0.2, 0.25) is 0 Å². The lowest BCUT2D eigenvalue weighted by Gasteiger charge is -2.21. The number of halogens is 1. The lowest BCUT2D eigenvalue weighted by molar-refractivity contribution is 0.0205. The van der Waals surface area contributed by atoms with Gasteiger partial charge in [-0.25, -0.2) is 0 Å². The van der Waals surface area contributed by atoms with Gasteiger partial charge in [-0.1, -0.05) is 0 Å². The number of nitrogens with one attached hydrogen (secondary N) is 2. The lowest BCUT2D eigenvalue weighted by Crippen LogP contribution is -2.38. The molecule has 0 aliphatic carbocycles. The molecule has 172 valence electrons. The summed E-state index contributed by atoms with van der Waals surface area (Å²) in [6.45, 7) is 7.74. The number of ether oxygens (including phenoxy) is 4. The molecule has 0 bridgehead atoms. The minimum atomic E-state index is 0. The number of benzene rings is 1. The summed E-state index contributed by atoms with van der Waals surface area (Å²) in [6, 6.07) is 5.86. The van der Waals surface area contributed by atoms with Crippen molar-refractivity contribution >= 4 is 29.9 Å². The molecule has 1 aromatic rings. The number of rotatable bonds is 12. The minimum Gasteiger partial charge on any atom is -0.497 e. The lowest BCUT2D eigenvalue weighted by atomic mass is 10.0. The first-order valence-corrected chi connectivity index (χ1v) is 10.6. The Hall–Kier alpha value is -1.26. The average molecular weight is 535 g/mol. The van der Waals surface area contributed by atoms with Crippen LogP contribution >= 0.6 is 24.0 Å². The van der Waals surface area contributed by atoms with Crippen molar-refractivity contribution in [2.24, 2.45) is 10.9 Å². The maximum atomic E-state index is 5.81. The van der Waals surface area contributed by atoms with E-state index in [0.29, 0.717) is 5.92 Å². The van der Waals surface area contributed by atoms with Crippen molar-refractivity contribution in [3.8, 4) is 11.5 Å². The molecule has 1 aromatic carbocycles. The number of nitrogens with zero attached hydrogens (tertiary/aromatic N) is 1. The molecule has 2 N–H and O–H groups in total. The van der Waals surface area contributed by atoms with Crippen LogP contribution < -0.4 is 20.1 Å². The van der Waals surface area contributed by atoms with E-state index in [1.54, 1.807) is 14.2 Å². The van der Waals surface area contributed by atoms with Crippen LogP contribution in [-0.4, -0.2) is 66.2 Å². The van der Waals surface area contributed by atoms with Gasteiger partial charge in [-0.15, -0.1) is 24.0 Å². The second-order valence-corrected chi connectivity index (χ2v) is 7.10. The summed E-state index contributed by atoms with van der Waals surface area (Å²) in [7, 11) is 3.36. The van der Waals surface area contributed by atoms with Gasteiger partial charge in [-0.2, -0.15) is 0 Å². The van der Waals surface area contributed by atoms with E-state index in [0.717, 1.165) is 94.8 Å². The van der Waals surface area contributed by atoms with E-state index in [1.807, 2.05) is 18.2 Å². The van der Waals surface area contributed by atoms with Crippen LogP contribution in [0, 0.1) is 5.92 Å². The molecule has 0 amide bonds. The van der Waals surface area contributed by atoms with Crippen molar-refractivity contribution in [1.29, 1.82) is 0 Å². The highest BCUT2D eigenvalue weighted by molar-refractivity contribution is 14.0. The molecule has 0 radical (unpaired) electrons. The Morgan fingerprint density at radius 1 is 1.17 bits per heavy atom. The summed E-state index contributed by atoms with van der Waals surface area (Å²) in [6.07, 6.45) is 3.97. The van der Waals surface area contributed by atoms with Gasteiger partial charge in [0, 0.05) is 46.1 Å². The van der Waals surface area contributed by atoms with Crippen molar-refractivity contribution in [2.45, 2.75) is 32.6 Å². The first kappa shape index (κ1) is 26.8. The van der Waals surface area contributed by atoms with Crippen LogP contribution in [0.1, 0.15) is 31.7 Å². The van der Waals surface area contributed by atoms with Gasteiger partial charge in [0.1, 0.15) is 11.5 Å². The maximum Gasteiger partial charge on any atom is 0.191 e. The second kappa shape index (κ2) is 16.4.